The van der Waals surface area contributed by atoms with Crippen LogP contribution in [0.1, 0.15) is 29.9 Å². The molecule has 0 bridgehead atoms. The molecule has 2 aromatic rings. The highest BCUT2D eigenvalue weighted by molar-refractivity contribution is 5.85. The number of carboxylic acid groups (broad SMARTS) is 1. The van der Waals surface area contributed by atoms with Gasteiger partial charge in [-0.3, -0.25) is 4.99 Å². The Morgan fingerprint density at radius 1 is 1.12 bits per heavy atom. The van der Waals surface area contributed by atoms with Crippen molar-refractivity contribution in [2.75, 3.05) is 27.2 Å². The van der Waals surface area contributed by atoms with Gasteiger partial charge in [0.15, 0.2) is 5.96 Å². The SMILES string of the molecule is CN(C)C(N)=NCCC[C@@H](NC(=O)OCC1c2ccccc2-c2ccccc21)C(=O)O.Cl. The number of aliphatic imine (C=N–C) groups is 1. The van der Waals surface area contributed by atoms with Crippen LogP contribution in [0.5, 0.6) is 0 Å². The summed E-state index contributed by atoms with van der Waals surface area (Å²) in [6.45, 7) is 0.510. The largest absolute Gasteiger partial charge is 0.480 e. The van der Waals surface area contributed by atoms with Crippen molar-refractivity contribution in [2.45, 2.75) is 24.8 Å². The first-order chi connectivity index (χ1) is 14.9. The number of nitrogens with one attached hydrogen (secondary N) is 1. The van der Waals surface area contributed by atoms with Gasteiger partial charge < -0.3 is 25.8 Å². The Labute approximate surface area is 193 Å². The summed E-state index contributed by atoms with van der Waals surface area (Å²) in [4.78, 5) is 29.7. The number of rotatable bonds is 8. The number of guanidine groups is 1. The van der Waals surface area contributed by atoms with Gasteiger partial charge in [0.25, 0.3) is 0 Å². The highest BCUT2D eigenvalue weighted by Crippen LogP contribution is 2.44. The van der Waals surface area contributed by atoms with Crippen LogP contribution in [0.25, 0.3) is 11.1 Å². The molecule has 1 amide bonds. The molecule has 3 rings (SSSR count). The molecule has 1 aliphatic rings. The van der Waals surface area contributed by atoms with E-state index >= 15 is 0 Å². The van der Waals surface area contributed by atoms with E-state index in [0.717, 1.165) is 22.3 Å². The van der Waals surface area contributed by atoms with Crippen molar-refractivity contribution < 1.29 is 19.4 Å². The van der Waals surface area contributed by atoms with Crippen LogP contribution >= 0.6 is 12.4 Å². The van der Waals surface area contributed by atoms with E-state index in [-0.39, 0.29) is 31.4 Å². The molecule has 0 unspecified atom stereocenters. The number of halogens is 1. The molecule has 172 valence electrons. The summed E-state index contributed by atoms with van der Waals surface area (Å²) in [6.07, 6.45) is -0.0515. The molecular formula is C23H29ClN4O4. The third-order valence-electron chi connectivity index (χ3n) is 5.32. The van der Waals surface area contributed by atoms with Crippen LogP contribution in [0.4, 0.5) is 4.79 Å². The molecule has 2 aromatic carbocycles. The van der Waals surface area contributed by atoms with Gasteiger partial charge in [-0.1, -0.05) is 48.5 Å². The maximum atomic E-state index is 12.3. The zero-order valence-electron chi connectivity index (χ0n) is 18.2. The molecule has 0 spiro atoms. The number of amides is 1. The summed E-state index contributed by atoms with van der Waals surface area (Å²) in [7, 11) is 3.55. The number of carbonyl (C=O) groups is 2. The average molecular weight is 461 g/mol. The van der Waals surface area contributed by atoms with Gasteiger partial charge in [-0.15, -0.1) is 12.4 Å². The predicted octanol–water partition coefficient (Wildman–Crippen LogP) is 3.06. The van der Waals surface area contributed by atoms with Gasteiger partial charge in [0.05, 0.1) is 0 Å². The van der Waals surface area contributed by atoms with Crippen LogP contribution in [0, 0.1) is 0 Å². The molecule has 32 heavy (non-hydrogen) atoms. The molecule has 0 aromatic heterocycles. The lowest BCUT2D eigenvalue weighted by Crippen LogP contribution is -2.41. The normalized spacial score (nSPS) is 13.4. The zero-order chi connectivity index (χ0) is 22.4. The number of hydrogen-bond donors (Lipinski definition) is 3. The molecule has 8 nitrogen and oxygen atoms in total. The van der Waals surface area contributed by atoms with Gasteiger partial charge in [0.2, 0.25) is 0 Å². The first-order valence-electron chi connectivity index (χ1n) is 10.2. The number of nitrogens with zero attached hydrogens (tertiary/aromatic N) is 2. The highest BCUT2D eigenvalue weighted by atomic mass is 35.5. The Kier molecular flexibility index (Phi) is 8.90. The standard InChI is InChI=1S/C23H28N4O4.ClH/c1-27(2)22(24)25-13-7-12-20(21(28)29)26-23(30)31-14-19-17-10-5-3-8-15(17)16-9-4-6-11-18(16)19;/h3-6,8-11,19-20H,7,12-14H2,1-2H3,(H2,24,25)(H,26,30)(H,28,29);1H/t20-;/m1./s1. The van der Waals surface area contributed by atoms with Gasteiger partial charge in [-0.25, -0.2) is 9.59 Å². The Morgan fingerprint density at radius 3 is 2.22 bits per heavy atom. The number of aliphatic carboxylic acids is 1. The van der Waals surface area contributed by atoms with Gasteiger partial charge in [-0.2, -0.15) is 0 Å². The Bertz CT molecular complexity index is 934. The number of nitrogens with two attached hydrogens (primary N) is 1. The molecule has 0 aliphatic heterocycles. The molecule has 0 radical (unpaired) electrons. The van der Waals surface area contributed by atoms with E-state index in [1.165, 1.54) is 0 Å². The van der Waals surface area contributed by atoms with Crippen LogP contribution in [0.15, 0.2) is 53.5 Å². The van der Waals surface area contributed by atoms with Gasteiger partial charge >= 0.3 is 12.1 Å². The molecule has 1 aliphatic carbocycles. The number of alkyl carbamates (subject to hydrolysis) is 1. The molecule has 9 heteroatoms. The predicted molar refractivity (Wildman–Crippen MR) is 126 cm³/mol. The number of benzene rings is 2. The second-order valence-corrected chi connectivity index (χ2v) is 7.64. The fourth-order valence-corrected chi connectivity index (χ4v) is 3.67. The first kappa shape index (κ1) is 25.0. The van der Waals surface area contributed by atoms with E-state index in [9.17, 15) is 14.7 Å². The fourth-order valence-electron chi connectivity index (χ4n) is 3.67. The van der Waals surface area contributed by atoms with E-state index in [4.69, 9.17) is 10.5 Å². The monoisotopic (exact) mass is 460 g/mol. The summed E-state index contributed by atoms with van der Waals surface area (Å²) in [5, 5.41) is 11.9. The quantitative estimate of drug-likeness (QED) is 0.316. The first-order valence-corrected chi connectivity index (χ1v) is 10.2. The number of hydrogen-bond acceptors (Lipinski definition) is 4. The van der Waals surface area contributed by atoms with Crippen molar-refractivity contribution in [1.29, 1.82) is 0 Å². The minimum Gasteiger partial charge on any atom is -0.480 e. The lowest BCUT2D eigenvalue weighted by Gasteiger charge is -2.17. The number of carboxylic acids is 1. The summed E-state index contributed by atoms with van der Waals surface area (Å²) < 4.78 is 5.43. The number of carbonyl (C=O) groups excluding carboxylic acids is 1. The summed E-state index contributed by atoms with van der Waals surface area (Å²) in [6, 6.07) is 15.0. The Balaban J connectivity index is 0.00000363. The topological polar surface area (TPSA) is 117 Å². The fraction of sp³-hybridized carbons (Fsp3) is 0.348. The van der Waals surface area contributed by atoms with Crippen LogP contribution in [-0.2, 0) is 9.53 Å². The number of fused-ring (bicyclic) bond motifs is 3. The van der Waals surface area contributed by atoms with E-state index in [0.29, 0.717) is 18.9 Å². The second-order valence-electron chi connectivity index (χ2n) is 7.64. The van der Waals surface area contributed by atoms with Crippen LogP contribution in [0.3, 0.4) is 0 Å². The van der Waals surface area contributed by atoms with Crippen molar-refractivity contribution in [1.82, 2.24) is 10.2 Å². The van der Waals surface area contributed by atoms with Gasteiger partial charge in [-0.05, 0) is 35.1 Å². The van der Waals surface area contributed by atoms with E-state index in [1.54, 1.807) is 19.0 Å². The van der Waals surface area contributed by atoms with Crippen molar-refractivity contribution in [2.24, 2.45) is 10.7 Å². The van der Waals surface area contributed by atoms with Crippen LogP contribution < -0.4 is 11.1 Å². The summed E-state index contributed by atoms with van der Waals surface area (Å²) >= 11 is 0. The lowest BCUT2D eigenvalue weighted by molar-refractivity contribution is -0.139. The minimum absolute atomic E-state index is 0. The van der Waals surface area contributed by atoms with Gasteiger partial charge in [0, 0.05) is 26.6 Å². The van der Waals surface area contributed by atoms with Crippen LogP contribution in [-0.4, -0.2) is 61.3 Å². The minimum atomic E-state index is -1.11. The van der Waals surface area contributed by atoms with Crippen molar-refractivity contribution in [3.63, 3.8) is 0 Å². The van der Waals surface area contributed by atoms with E-state index < -0.39 is 18.1 Å². The highest BCUT2D eigenvalue weighted by Gasteiger charge is 2.29. The average Bonchev–Trinajstić information content (AvgIpc) is 3.07. The van der Waals surface area contributed by atoms with Crippen molar-refractivity contribution in [3.05, 3.63) is 59.7 Å². The number of ether oxygens (including phenoxy) is 1. The molecule has 0 saturated heterocycles. The molecule has 0 fully saturated rings. The van der Waals surface area contributed by atoms with Gasteiger partial charge in [0.1, 0.15) is 12.6 Å². The van der Waals surface area contributed by atoms with Crippen molar-refractivity contribution in [3.8, 4) is 11.1 Å². The summed E-state index contributed by atoms with van der Waals surface area (Å²) in [5.74, 6) is -0.820. The Morgan fingerprint density at radius 2 is 1.69 bits per heavy atom. The Hall–Kier alpha value is -3.26. The molecule has 0 heterocycles. The second kappa shape index (κ2) is 11.4. The van der Waals surface area contributed by atoms with E-state index in [1.807, 2.05) is 36.4 Å². The molecule has 4 N–H and O–H groups in total. The third kappa shape index (κ3) is 5.91. The zero-order valence-corrected chi connectivity index (χ0v) is 19.0. The van der Waals surface area contributed by atoms with E-state index in [2.05, 4.69) is 22.4 Å². The smallest absolute Gasteiger partial charge is 0.407 e. The van der Waals surface area contributed by atoms with Crippen molar-refractivity contribution >= 4 is 30.4 Å². The molecule has 1 atom stereocenters. The molecular weight excluding hydrogens is 432 g/mol. The maximum Gasteiger partial charge on any atom is 0.407 e. The summed E-state index contributed by atoms with van der Waals surface area (Å²) in [5.41, 5.74) is 10.2. The lowest BCUT2D eigenvalue weighted by atomic mass is 9.98. The van der Waals surface area contributed by atoms with Crippen LogP contribution in [0.2, 0.25) is 0 Å². The third-order valence-corrected chi connectivity index (χ3v) is 5.32. The molecule has 0 saturated carbocycles. The maximum absolute atomic E-state index is 12.3.